The van der Waals surface area contributed by atoms with Gasteiger partial charge in [0.1, 0.15) is 0 Å². The number of amides is 2. The van der Waals surface area contributed by atoms with Gasteiger partial charge in [0.2, 0.25) is 16.9 Å². The van der Waals surface area contributed by atoms with E-state index in [-0.39, 0.29) is 23.6 Å². The van der Waals surface area contributed by atoms with Crippen LogP contribution in [0.2, 0.25) is 0 Å². The first kappa shape index (κ1) is 19.5. The Hall–Kier alpha value is -2.26. The molecule has 1 aromatic heterocycles. The van der Waals surface area contributed by atoms with Crippen LogP contribution in [0.3, 0.4) is 0 Å². The fourth-order valence-corrected chi connectivity index (χ4v) is 4.67. The second-order valence-corrected chi connectivity index (χ2v) is 8.87. The van der Waals surface area contributed by atoms with E-state index >= 15 is 0 Å². The molecule has 1 heterocycles. The molecule has 9 heteroatoms. The van der Waals surface area contributed by atoms with Gasteiger partial charge in [0.05, 0.1) is 10.9 Å². The van der Waals surface area contributed by atoms with Crippen molar-refractivity contribution in [1.82, 2.24) is 10.2 Å². The van der Waals surface area contributed by atoms with Gasteiger partial charge in [0, 0.05) is 18.5 Å². The monoisotopic (exact) mass is 404 g/mol. The van der Waals surface area contributed by atoms with Crippen LogP contribution in [0.1, 0.15) is 44.0 Å². The van der Waals surface area contributed by atoms with Gasteiger partial charge >= 0.3 is 0 Å². The van der Waals surface area contributed by atoms with Gasteiger partial charge in [0.25, 0.3) is 0 Å². The maximum atomic E-state index is 12.5. The molecule has 3 rings (SSSR count). The number of carbonyl (C=O) groups is 3. The zero-order valence-corrected chi connectivity index (χ0v) is 16.9. The Morgan fingerprint density at radius 2 is 1.93 bits per heavy atom. The van der Waals surface area contributed by atoms with Crippen molar-refractivity contribution in [1.29, 1.82) is 0 Å². The molecule has 0 spiro atoms. The van der Waals surface area contributed by atoms with Gasteiger partial charge in [-0.3, -0.25) is 19.3 Å². The summed E-state index contributed by atoms with van der Waals surface area (Å²) in [6, 6.07) is 7.13. The smallest absolute Gasteiger partial charge is 0.237 e. The molecule has 1 aromatic carbocycles. The van der Waals surface area contributed by atoms with Crippen LogP contribution in [0.5, 0.6) is 0 Å². The highest BCUT2D eigenvalue weighted by Crippen LogP contribution is 2.36. The van der Waals surface area contributed by atoms with Crippen LogP contribution in [0.15, 0.2) is 28.6 Å². The number of nitrogens with zero attached hydrogens (tertiary/aromatic N) is 3. The molecule has 1 atom stereocenters. The van der Waals surface area contributed by atoms with Crippen LogP contribution in [0.25, 0.3) is 0 Å². The van der Waals surface area contributed by atoms with Gasteiger partial charge < -0.3 is 5.32 Å². The standard InChI is InChI=1S/C18H20N4O3S2/c1-10(23)14-6-4-5-7-15(14)19-16(25)11(2)26-18-21-20-17(27-18)22(12(3)24)13-8-9-13/h4-7,11,13H,8-9H2,1-3H3,(H,19,25)/t11-/m1/s1. The number of rotatable bonds is 7. The molecule has 1 N–H and O–H groups in total. The molecule has 27 heavy (non-hydrogen) atoms. The van der Waals surface area contributed by atoms with Crippen molar-refractivity contribution in [2.24, 2.45) is 0 Å². The third-order valence-electron chi connectivity index (χ3n) is 4.06. The van der Waals surface area contributed by atoms with E-state index in [9.17, 15) is 14.4 Å². The minimum atomic E-state index is -0.433. The Morgan fingerprint density at radius 3 is 2.56 bits per heavy atom. The molecule has 0 unspecified atom stereocenters. The van der Waals surface area contributed by atoms with Gasteiger partial charge in [-0.15, -0.1) is 10.2 Å². The summed E-state index contributed by atoms with van der Waals surface area (Å²) in [7, 11) is 0. The number of nitrogens with one attached hydrogen (secondary N) is 1. The van der Waals surface area contributed by atoms with Crippen molar-refractivity contribution in [3.63, 3.8) is 0 Å². The number of ketones is 1. The van der Waals surface area contributed by atoms with Crippen LogP contribution < -0.4 is 10.2 Å². The number of Topliss-reactive ketones (excluding diaryl/α,β-unsaturated/α-hetero) is 1. The summed E-state index contributed by atoms with van der Waals surface area (Å²) in [4.78, 5) is 37.7. The lowest BCUT2D eigenvalue weighted by Gasteiger charge is -2.15. The van der Waals surface area contributed by atoms with E-state index in [1.54, 1.807) is 36.1 Å². The van der Waals surface area contributed by atoms with Crippen LogP contribution in [-0.2, 0) is 9.59 Å². The van der Waals surface area contributed by atoms with Crippen molar-refractivity contribution in [2.45, 2.75) is 49.2 Å². The minimum absolute atomic E-state index is 0.0446. The predicted molar refractivity (Wildman–Crippen MR) is 106 cm³/mol. The van der Waals surface area contributed by atoms with Crippen LogP contribution in [0.4, 0.5) is 10.8 Å². The molecule has 1 fully saturated rings. The Balaban J connectivity index is 1.65. The lowest BCUT2D eigenvalue weighted by molar-refractivity contribution is -0.117. The molecular formula is C18H20N4O3S2. The number of thioether (sulfide) groups is 1. The Bertz CT molecular complexity index is 879. The second-order valence-electron chi connectivity index (χ2n) is 6.32. The summed E-state index contributed by atoms with van der Waals surface area (Å²) in [6.07, 6.45) is 1.96. The highest BCUT2D eigenvalue weighted by atomic mass is 32.2. The molecule has 1 aliphatic carbocycles. The number of hydrogen-bond donors (Lipinski definition) is 1. The molecule has 1 saturated carbocycles. The summed E-state index contributed by atoms with van der Waals surface area (Å²) in [6.45, 7) is 4.75. The molecule has 2 aromatic rings. The van der Waals surface area contributed by atoms with E-state index in [2.05, 4.69) is 15.5 Å². The summed E-state index contributed by atoms with van der Waals surface area (Å²) < 4.78 is 0.624. The molecule has 0 aliphatic heterocycles. The number of para-hydroxylation sites is 1. The van der Waals surface area contributed by atoms with Crippen molar-refractivity contribution >= 4 is 51.5 Å². The molecule has 2 amide bonds. The SMILES string of the molecule is CC(=O)c1ccccc1NC(=O)[C@@H](C)Sc1nnc(N(C(C)=O)C2CC2)s1. The Kier molecular flexibility index (Phi) is 5.91. The van der Waals surface area contributed by atoms with E-state index in [1.165, 1.54) is 36.9 Å². The van der Waals surface area contributed by atoms with E-state index < -0.39 is 5.25 Å². The van der Waals surface area contributed by atoms with Crippen molar-refractivity contribution < 1.29 is 14.4 Å². The van der Waals surface area contributed by atoms with Crippen molar-refractivity contribution in [2.75, 3.05) is 10.2 Å². The molecule has 142 valence electrons. The molecule has 1 aliphatic rings. The summed E-state index contributed by atoms with van der Waals surface area (Å²) in [5.74, 6) is -0.378. The lowest BCUT2D eigenvalue weighted by Crippen LogP contribution is -2.30. The van der Waals surface area contributed by atoms with E-state index in [0.717, 1.165) is 12.8 Å². The zero-order valence-electron chi connectivity index (χ0n) is 15.3. The van der Waals surface area contributed by atoms with Crippen LogP contribution in [-0.4, -0.2) is 39.1 Å². The number of hydrogen-bond acceptors (Lipinski definition) is 7. The topological polar surface area (TPSA) is 92.3 Å². The zero-order chi connectivity index (χ0) is 19.6. The summed E-state index contributed by atoms with van der Waals surface area (Å²) >= 11 is 2.59. The first-order chi connectivity index (χ1) is 12.9. The normalized spacial score (nSPS) is 14.5. The molecule has 0 saturated heterocycles. The molecule has 7 nitrogen and oxygen atoms in total. The average molecular weight is 405 g/mol. The largest absolute Gasteiger partial charge is 0.324 e. The van der Waals surface area contributed by atoms with Gasteiger partial charge in [-0.1, -0.05) is 35.2 Å². The van der Waals surface area contributed by atoms with E-state index in [1.807, 2.05) is 0 Å². The van der Waals surface area contributed by atoms with Crippen LogP contribution in [0, 0.1) is 0 Å². The maximum absolute atomic E-state index is 12.5. The number of benzene rings is 1. The quantitative estimate of drug-likeness (QED) is 0.432. The lowest BCUT2D eigenvalue weighted by atomic mass is 10.1. The van der Waals surface area contributed by atoms with E-state index in [4.69, 9.17) is 0 Å². The predicted octanol–water partition coefficient (Wildman–Crippen LogP) is 3.38. The maximum Gasteiger partial charge on any atom is 0.237 e. The first-order valence-electron chi connectivity index (χ1n) is 8.57. The van der Waals surface area contributed by atoms with E-state index in [0.29, 0.717) is 20.7 Å². The minimum Gasteiger partial charge on any atom is -0.324 e. The van der Waals surface area contributed by atoms with Gasteiger partial charge in [-0.25, -0.2) is 0 Å². The number of anilines is 2. The van der Waals surface area contributed by atoms with Crippen molar-refractivity contribution in [3.8, 4) is 0 Å². The number of carbonyl (C=O) groups excluding carboxylic acids is 3. The number of aromatic nitrogens is 2. The third kappa shape index (κ3) is 4.72. The van der Waals surface area contributed by atoms with Gasteiger partial charge in [-0.2, -0.15) is 0 Å². The molecule has 0 radical (unpaired) electrons. The first-order valence-corrected chi connectivity index (χ1v) is 10.3. The highest BCUT2D eigenvalue weighted by Gasteiger charge is 2.34. The Labute approximate surface area is 165 Å². The Morgan fingerprint density at radius 1 is 1.22 bits per heavy atom. The van der Waals surface area contributed by atoms with Crippen LogP contribution >= 0.6 is 23.1 Å². The van der Waals surface area contributed by atoms with Crippen molar-refractivity contribution in [3.05, 3.63) is 29.8 Å². The third-order valence-corrected chi connectivity index (χ3v) is 6.17. The highest BCUT2D eigenvalue weighted by molar-refractivity contribution is 8.02. The summed E-state index contributed by atoms with van der Waals surface area (Å²) in [5.41, 5.74) is 0.972. The average Bonchev–Trinajstić information content (AvgIpc) is 3.34. The molecular weight excluding hydrogens is 384 g/mol. The van der Waals surface area contributed by atoms with Gasteiger partial charge in [0.15, 0.2) is 10.1 Å². The second kappa shape index (κ2) is 8.18. The van der Waals surface area contributed by atoms with Gasteiger partial charge in [-0.05, 0) is 38.8 Å². The summed E-state index contributed by atoms with van der Waals surface area (Å²) in [5, 5.41) is 11.2. The molecule has 0 bridgehead atoms. The fraction of sp³-hybridized carbons (Fsp3) is 0.389. The fourth-order valence-electron chi connectivity index (χ4n) is 2.57.